The first-order valence-electron chi connectivity index (χ1n) is 17.3. The number of nitrogens with one attached hydrogen (secondary N) is 1. The van der Waals surface area contributed by atoms with Gasteiger partial charge < -0.3 is 15.5 Å². The second-order valence-corrected chi connectivity index (χ2v) is 13.4. The van der Waals surface area contributed by atoms with Gasteiger partial charge in [0.05, 0.1) is 17.9 Å². The van der Waals surface area contributed by atoms with E-state index in [0.717, 1.165) is 32.1 Å². The summed E-state index contributed by atoms with van der Waals surface area (Å²) < 4.78 is 32.3. The number of unbranched alkanes of at least 4 members (excludes halogenated alkanes) is 17. The molecule has 3 unspecified atom stereocenters. The summed E-state index contributed by atoms with van der Waals surface area (Å²) in [5, 5.41) is 23.2. The second-order valence-electron chi connectivity index (χ2n) is 11.9. The fourth-order valence-electron chi connectivity index (χ4n) is 4.93. The molecular formula is C35H65NO6S. The van der Waals surface area contributed by atoms with Crippen LogP contribution in [0, 0.1) is 0 Å². The minimum Gasteiger partial charge on any atom is -0.387 e. The summed E-state index contributed by atoms with van der Waals surface area (Å²) in [6, 6.07) is -1.25. The molecule has 1 amide bonds. The van der Waals surface area contributed by atoms with Gasteiger partial charge in [0.25, 0.3) is 10.1 Å². The van der Waals surface area contributed by atoms with Gasteiger partial charge in [-0.15, -0.1) is 0 Å². The van der Waals surface area contributed by atoms with Gasteiger partial charge in [0.1, 0.15) is 6.10 Å². The maximum atomic E-state index is 12.5. The minimum atomic E-state index is -4.45. The van der Waals surface area contributed by atoms with Crippen LogP contribution in [0.4, 0.5) is 0 Å². The zero-order valence-corrected chi connectivity index (χ0v) is 28.3. The first-order valence-corrected chi connectivity index (χ1v) is 18.9. The predicted molar refractivity (Wildman–Crippen MR) is 181 cm³/mol. The van der Waals surface area contributed by atoms with E-state index in [0.29, 0.717) is 12.8 Å². The van der Waals surface area contributed by atoms with Crippen molar-refractivity contribution in [3.05, 3.63) is 36.5 Å². The summed E-state index contributed by atoms with van der Waals surface area (Å²) in [5.41, 5.74) is 0. The van der Waals surface area contributed by atoms with Gasteiger partial charge in [0, 0.05) is 0 Å². The molecule has 0 saturated carbocycles. The van der Waals surface area contributed by atoms with Crippen LogP contribution in [0.2, 0.25) is 0 Å². The van der Waals surface area contributed by atoms with Crippen LogP contribution in [-0.4, -0.2) is 53.1 Å². The second kappa shape index (κ2) is 29.2. The molecule has 7 nitrogen and oxygen atoms in total. The van der Waals surface area contributed by atoms with Crippen LogP contribution in [0.25, 0.3) is 0 Å². The van der Waals surface area contributed by atoms with E-state index in [4.69, 9.17) is 0 Å². The van der Waals surface area contributed by atoms with E-state index in [-0.39, 0.29) is 6.42 Å². The topological polar surface area (TPSA) is 124 Å². The Balaban J connectivity index is 4.27. The lowest BCUT2D eigenvalue weighted by molar-refractivity contribution is -0.130. The van der Waals surface area contributed by atoms with E-state index in [1.165, 1.54) is 96.0 Å². The Morgan fingerprint density at radius 2 is 1.05 bits per heavy atom. The number of aliphatic hydroxyl groups excluding tert-OH is 2. The van der Waals surface area contributed by atoms with Crippen LogP contribution in [0.5, 0.6) is 0 Å². The average molecular weight is 628 g/mol. The number of aliphatic hydroxyl groups is 2. The van der Waals surface area contributed by atoms with Gasteiger partial charge in [-0.2, -0.15) is 8.42 Å². The molecule has 0 aliphatic heterocycles. The van der Waals surface area contributed by atoms with Gasteiger partial charge in [0.2, 0.25) is 5.91 Å². The quantitative estimate of drug-likeness (QED) is 0.0360. The van der Waals surface area contributed by atoms with Gasteiger partial charge >= 0.3 is 0 Å². The van der Waals surface area contributed by atoms with E-state index < -0.39 is 40.0 Å². The maximum Gasteiger partial charge on any atom is 0.267 e. The molecule has 0 aromatic carbocycles. The number of amides is 1. The lowest BCUT2D eigenvalue weighted by Gasteiger charge is -2.22. The molecule has 0 aromatic heterocycles. The molecular weight excluding hydrogens is 562 g/mol. The molecule has 0 saturated heterocycles. The third kappa shape index (κ3) is 29.0. The summed E-state index contributed by atoms with van der Waals surface area (Å²) in [5.74, 6) is -1.58. The maximum absolute atomic E-state index is 12.5. The average Bonchev–Trinajstić information content (AvgIpc) is 2.96. The zero-order valence-electron chi connectivity index (χ0n) is 27.4. The van der Waals surface area contributed by atoms with Crippen molar-refractivity contribution in [2.45, 2.75) is 173 Å². The van der Waals surface area contributed by atoms with Crippen LogP contribution >= 0.6 is 0 Å². The lowest BCUT2D eigenvalue weighted by atomic mass is 10.1. The number of carbonyl (C=O) groups is 1. The summed E-state index contributed by atoms with van der Waals surface area (Å²) >= 11 is 0. The standard InChI is InChI=1S/C35H65NO6S/c1-3-5-7-9-11-13-15-17-18-20-21-23-25-27-29-33(37)32(31-43(40,41)42)36-35(39)34(38)30-28-26-24-22-19-16-14-12-10-8-6-4-2/h19-22,27,29,32-34,37-38H,3-18,23-26,28,30-31H2,1-2H3,(H,36,39)(H,40,41,42)/b21-20+,22-19-,29-27+. The van der Waals surface area contributed by atoms with Crippen LogP contribution < -0.4 is 5.32 Å². The highest BCUT2D eigenvalue weighted by Crippen LogP contribution is 2.11. The Morgan fingerprint density at radius 3 is 1.53 bits per heavy atom. The zero-order chi connectivity index (χ0) is 32.0. The first kappa shape index (κ1) is 41.5. The molecule has 0 bridgehead atoms. The number of rotatable bonds is 30. The third-order valence-corrected chi connectivity index (χ3v) is 8.43. The molecule has 0 fully saturated rings. The van der Waals surface area contributed by atoms with Crippen molar-refractivity contribution in [2.75, 3.05) is 5.75 Å². The number of allylic oxidation sites excluding steroid dienone is 5. The smallest absolute Gasteiger partial charge is 0.267 e. The molecule has 0 heterocycles. The molecule has 4 N–H and O–H groups in total. The first-order chi connectivity index (χ1) is 20.7. The Kier molecular flexibility index (Phi) is 28.2. The fourth-order valence-corrected chi connectivity index (χ4v) is 5.67. The van der Waals surface area contributed by atoms with Crippen LogP contribution in [0.15, 0.2) is 36.5 Å². The monoisotopic (exact) mass is 627 g/mol. The highest BCUT2D eigenvalue weighted by Gasteiger charge is 2.27. The Bertz CT molecular complexity index is 839. The minimum absolute atomic E-state index is 0.243. The fraction of sp³-hybridized carbons (Fsp3) is 0.800. The van der Waals surface area contributed by atoms with Crippen molar-refractivity contribution in [1.82, 2.24) is 5.32 Å². The highest BCUT2D eigenvalue weighted by atomic mass is 32.2. The molecule has 0 spiro atoms. The predicted octanol–water partition coefficient (Wildman–Crippen LogP) is 8.37. The lowest BCUT2D eigenvalue weighted by Crippen LogP contribution is -2.50. The van der Waals surface area contributed by atoms with Crippen molar-refractivity contribution < 1.29 is 28.0 Å². The number of carbonyl (C=O) groups excluding carboxylic acids is 1. The Morgan fingerprint density at radius 1 is 0.628 bits per heavy atom. The van der Waals surface area contributed by atoms with E-state index in [1.807, 2.05) is 0 Å². The van der Waals surface area contributed by atoms with E-state index in [2.05, 4.69) is 43.5 Å². The third-order valence-electron chi connectivity index (χ3n) is 7.65. The number of hydrogen-bond donors (Lipinski definition) is 4. The Labute approximate surface area is 264 Å². The van der Waals surface area contributed by atoms with Crippen molar-refractivity contribution in [1.29, 1.82) is 0 Å². The molecule has 43 heavy (non-hydrogen) atoms. The van der Waals surface area contributed by atoms with Crippen LogP contribution in [-0.2, 0) is 14.9 Å². The van der Waals surface area contributed by atoms with Crippen LogP contribution in [0.3, 0.4) is 0 Å². The van der Waals surface area contributed by atoms with E-state index in [1.54, 1.807) is 6.08 Å². The molecule has 0 aliphatic rings. The van der Waals surface area contributed by atoms with E-state index in [9.17, 15) is 28.0 Å². The SMILES string of the molecule is CCCCCCCC/C=C\CCCCC(O)C(=O)NC(CS(=O)(=O)O)C(O)/C=C/CC/C=C/CCCCCCCCCC. The van der Waals surface area contributed by atoms with Gasteiger partial charge in [-0.25, -0.2) is 0 Å². The van der Waals surface area contributed by atoms with Crippen molar-refractivity contribution in [3.8, 4) is 0 Å². The normalized spacial score (nSPS) is 14.6. The summed E-state index contributed by atoms with van der Waals surface area (Å²) in [7, 11) is -4.45. The molecule has 3 atom stereocenters. The molecule has 0 radical (unpaired) electrons. The molecule has 8 heteroatoms. The molecule has 0 aliphatic carbocycles. The van der Waals surface area contributed by atoms with Crippen molar-refractivity contribution in [3.63, 3.8) is 0 Å². The summed E-state index contributed by atoms with van der Waals surface area (Å²) in [4.78, 5) is 12.5. The van der Waals surface area contributed by atoms with Crippen molar-refractivity contribution in [2.24, 2.45) is 0 Å². The largest absolute Gasteiger partial charge is 0.387 e. The number of hydrogen-bond acceptors (Lipinski definition) is 5. The molecule has 0 aromatic rings. The summed E-state index contributed by atoms with van der Waals surface area (Å²) in [6.45, 7) is 4.45. The van der Waals surface area contributed by atoms with Gasteiger partial charge in [-0.3, -0.25) is 9.35 Å². The van der Waals surface area contributed by atoms with Gasteiger partial charge in [-0.1, -0.05) is 134 Å². The van der Waals surface area contributed by atoms with Gasteiger partial charge in [0.15, 0.2) is 0 Å². The highest BCUT2D eigenvalue weighted by molar-refractivity contribution is 7.85. The van der Waals surface area contributed by atoms with E-state index >= 15 is 0 Å². The summed E-state index contributed by atoms with van der Waals surface area (Å²) in [6.07, 6.45) is 33.5. The molecule has 252 valence electrons. The van der Waals surface area contributed by atoms with Crippen molar-refractivity contribution >= 4 is 16.0 Å². The van der Waals surface area contributed by atoms with Gasteiger partial charge in [-0.05, 0) is 57.8 Å². The Hall–Kier alpha value is -1.48. The molecule has 0 rings (SSSR count). The van der Waals surface area contributed by atoms with Crippen LogP contribution in [0.1, 0.15) is 155 Å².